The number of benzene rings is 1. The number of H-pyrrole nitrogens is 1. The van der Waals surface area contributed by atoms with Crippen LogP contribution in [0.5, 0.6) is 5.75 Å². The molecule has 0 bridgehead atoms. The van der Waals surface area contributed by atoms with Crippen LogP contribution in [0.15, 0.2) is 61.1 Å². The maximum absolute atomic E-state index is 6.16. The summed E-state index contributed by atoms with van der Waals surface area (Å²) in [6.45, 7) is 6.06. The van der Waals surface area contributed by atoms with Gasteiger partial charge < -0.3 is 9.72 Å². The van der Waals surface area contributed by atoms with Gasteiger partial charge in [-0.25, -0.2) is 14.5 Å². The molecule has 0 amide bonds. The lowest BCUT2D eigenvalue weighted by Gasteiger charge is -2.26. The quantitative estimate of drug-likeness (QED) is 0.321. The highest BCUT2D eigenvalue weighted by atomic mass is 32.1. The predicted octanol–water partition coefficient (Wildman–Crippen LogP) is 5.69. The summed E-state index contributed by atoms with van der Waals surface area (Å²) in [5.41, 5.74) is 4.96. The Bertz CT molecular complexity index is 1420. The molecule has 0 saturated carbocycles. The van der Waals surface area contributed by atoms with Crippen molar-refractivity contribution in [2.24, 2.45) is 0 Å². The van der Waals surface area contributed by atoms with Crippen molar-refractivity contribution in [3.05, 3.63) is 66.7 Å². The van der Waals surface area contributed by atoms with E-state index in [1.54, 1.807) is 17.5 Å². The first kappa shape index (κ1) is 22.0. The van der Waals surface area contributed by atoms with Gasteiger partial charge in [0.25, 0.3) is 0 Å². The van der Waals surface area contributed by atoms with E-state index in [2.05, 4.69) is 33.1 Å². The number of aromatic amines is 1. The molecule has 1 aliphatic heterocycles. The van der Waals surface area contributed by atoms with E-state index in [1.165, 1.54) is 32.4 Å². The third kappa shape index (κ3) is 4.47. The van der Waals surface area contributed by atoms with E-state index in [1.807, 2.05) is 48.1 Å². The average molecular weight is 485 g/mol. The third-order valence-corrected chi connectivity index (χ3v) is 7.59. The Kier molecular flexibility index (Phi) is 6.06. The van der Waals surface area contributed by atoms with Crippen LogP contribution in [0.4, 0.5) is 0 Å². The second-order valence-electron chi connectivity index (χ2n) is 8.90. The van der Waals surface area contributed by atoms with Crippen molar-refractivity contribution < 1.29 is 4.74 Å². The van der Waals surface area contributed by atoms with Crippen molar-refractivity contribution in [1.29, 1.82) is 0 Å². The number of likely N-dealkylation sites (tertiary alicyclic amines) is 1. The van der Waals surface area contributed by atoms with Crippen molar-refractivity contribution in [2.45, 2.75) is 26.2 Å². The summed E-state index contributed by atoms with van der Waals surface area (Å²) in [7, 11) is 0. The first-order valence-corrected chi connectivity index (χ1v) is 13.0. The molecular formula is C27H28N6OS. The average Bonchev–Trinajstić information content (AvgIpc) is 3.63. The molecule has 1 aromatic carbocycles. The van der Waals surface area contributed by atoms with Gasteiger partial charge in [-0.15, -0.1) is 11.3 Å². The summed E-state index contributed by atoms with van der Waals surface area (Å²) < 4.78 is 8.07. The van der Waals surface area contributed by atoms with Crippen LogP contribution >= 0.6 is 11.3 Å². The van der Waals surface area contributed by atoms with Crippen LogP contribution in [-0.2, 0) is 0 Å². The van der Waals surface area contributed by atoms with Crippen LogP contribution in [0.3, 0.4) is 0 Å². The van der Waals surface area contributed by atoms with Gasteiger partial charge in [0, 0.05) is 36.8 Å². The van der Waals surface area contributed by atoms with Gasteiger partial charge in [0.2, 0.25) is 0 Å². The highest BCUT2D eigenvalue weighted by molar-refractivity contribution is 7.19. The number of nitrogens with one attached hydrogen (secondary N) is 1. The predicted molar refractivity (Wildman–Crippen MR) is 140 cm³/mol. The van der Waals surface area contributed by atoms with Gasteiger partial charge in [0.15, 0.2) is 0 Å². The van der Waals surface area contributed by atoms with Gasteiger partial charge in [-0.3, -0.25) is 4.90 Å². The lowest BCUT2D eigenvalue weighted by atomic mass is 10.1. The summed E-state index contributed by atoms with van der Waals surface area (Å²) in [5, 5.41) is 5.68. The van der Waals surface area contributed by atoms with Crippen molar-refractivity contribution >= 4 is 16.9 Å². The number of thiazole rings is 1. The monoisotopic (exact) mass is 484 g/mol. The van der Waals surface area contributed by atoms with Crippen LogP contribution in [0.1, 0.15) is 25.0 Å². The molecule has 0 radical (unpaired) electrons. The molecule has 0 atom stereocenters. The summed E-state index contributed by atoms with van der Waals surface area (Å²) in [6, 6.07) is 14.3. The number of ether oxygens (including phenoxy) is 1. The minimum Gasteiger partial charge on any atom is -0.492 e. The van der Waals surface area contributed by atoms with Crippen LogP contribution in [0, 0.1) is 6.92 Å². The second kappa shape index (κ2) is 9.64. The normalized spacial score (nSPS) is 14.5. The molecule has 0 spiro atoms. The Balaban J connectivity index is 1.35. The molecule has 6 rings (SSSR count). The standard InChI is InChI=1S/C27H28N6OS/c1-19-23(22-18-21(10-15-33(22)31-19)34-17-16-32-13-6-3-7-14-32)27-30-24(20-8-4-2-5-9-20)25(35-27)26-28-11-12-29-26/h2,4-5,8-12,15,18H,3,6-7,13-14,16-17H2,1H3,(H,28,29). The van der Waals surface area contributed by atoms with Crippen LogP contribution in [-0.4, -0.2) is 55.7 Å². The fourth-order valence-electron chi connectivity index (χ4n) is 4.74. The van der Waals surface area contributed by atoms with E-state index in [0.29, 0.717) is 6.61 Å². The molecule has 0 unspecified atom stereocenters. The van der Waals surface area contributed by atoms with E-state index in [0.717, 1.165) is 56.0 Å². The summed E-state index contributed by atoms with van der Waals surface area (Å²) >= 11 is 1.64. The fourth-order valence-corrected chi connectivity index (χ4v) is 5.90. The molecule has 1 fully saturated rings. The molecule has 7 nitrogen and oxygen atoms in total. The van der Waals surface area contributed by atoms with Crippen LogP contribution in [0.25, 0.3) is 38.0 Å². The minimum atomic E-state index is 0.691. The first-order chi connectivity index (χ1) is 17.3. The number of imidazole rings is 1. The topological polar surface area (TPSA) is 71.3 Å². The zero-order valence-corrected chi connectivity index (χ0v) is 20.6. The van der Waals surface area contributed by atoms with E-state index < -0.39 is 0 Å². The molecule has 5 heterocycles. The number of aryl methyl sites for hydroxylation is 1. The zero-order chi connectivity index (χ0) is 23.6. The molecule has 178 valence electrons. The Morgan fingerprint density at radius 1 is 1.09 bits per heavy atom. The molecule has 0 aliphatic carbocycles. The first-order valence-electron chi connectivity index (χ1n) is 12.2. The third-order valence-electron chi connectivity index (χ3n) is 6.51. The van der Waals surface area contributed by atoms with Crippen LogP contribution < -0.4 is 4.74 Å². The highest BCUT2D eigenvalue weighted by Gasteiger charge is 2.22. The second-order valence-corrected chi connectivity index (χ2v) is 9.90. The molecule has 1 saturated heterocycles. The molecule has 1 N–H and O–H groups in total. The summed E-state index contributed by atoms with van der Waals surface area (Å²) in [4.78, 5) is 16.4. The van der Waals surface area contributed by atoms with Crippen molar-refractivity contribution in [3.63, 3.8) is 0 Å². The Morgan fingerprint density at radius 2 is 1.94 bits per heavy atom. The van der Waals surface area contributed by atoms with Crippen LogP contribution in [0.2, 0.25) is 0 Å². The molecular weight excluding hydrogens is 456 g/mol. The Hall–Kier alpha value is -3.49. The van der Waals surface area contributed by atoms with Gasteiger partial charge in [-0.05, 0) is 38.9 Å². The molecule has 1 aliphatic rings. The fraction of sp³-hybridized carbons (Fsp3) is 0.296. The van der Waals surface area contributed by atoms with Crippen molar-refractivity contribution in [2.75, 3.05) is 26.2 Å². The number of rotatable bonds is 7. The van der Waals surface area contributed by atoms with Gasteiger partial charge in [-0.1, -0.05) is 36.8 Å². The number of pyridine rings is 1. The highest BCUT2D eigenvalue weighted by Crippen LogP contribution is 2.41. The van der Waals surface area contributed by atoms with E-state index in [4.69, 9.17) is 14.8 Å². The van der Waals surface area contributed by atoms with Crippen molar-refractivity contribution in [1.82, 2.24) is 29.5 Å². The lowest BCUT2D eigenvalue weighted by Crippen LogP contribution is -2.33. The van der Waals surface area contributed by atoms with Gasteiger partial charge in [0.1, 0.15) is 23.2 Å². The minimum absolute atomic E-state index is 0.691. The number of aromatic nitrogens is 5. The zero-order valence-electron chi connectivity index (χ0n) is 19.8. The smallest absolute Gasteiger partial charge is 0.149 e. The Labute approximate surface area is 208 Å². The number of nitrogens with zero attached hydrogens (tertiary/aromatic N) is 5. The summed E-state index contributed by atoms with van der Waals surface area (Å²) in [6.07, 6.45) is 9.53. The number of fused-ring (bicyclic) bond motifs is 1. The van der Waals surface area contributed by atoms with E-state index >= 15 is 0 Å². The van der Waals surface area contributed by atoms with E-state index in [-0.39, 0.29) is 0 Å². The largest absolute Gasteiger partial charge is 0.492 e. The molecule has 8 heteroatoms. The Morgan fingerprint density at radius 3 is 2.74 bits per heavy atom. The number of hydrogen-bond donors (Lipinski definition) is 1. The lowest BCUT2D eigenvalue weighted by molar-refractivity contribution is 0.183. The summed E-state index contributed by atoms with van der Waals surface area (Å²) in [5.74, 6) is 1.69. The number of piperidine rings is 1. The molecule has 35 heavy (non-hydrogen) atoms. The van der Waals surface area contributed by atoms with Gasteiger partial charge >= 0.3 is 0 Å². The molecule has 5 aromatic rings. The molecule has 4 aromatic heterocycles. The SMILES string of the molecule is Cc1nn2ccc(OCCN3CCCCC3)cc2c1-c1nc(-c2ccccc2)c(-c2ncc[nH]2)s1. The van der Waals surface area contributed by atoms with Gasteiger partial charge in [0.05, 0.1) is 27.3 Å². The maximum Gasteiger partial charge on any atom is 0.149 e. The maximum atomic E-state index is 6.16. The van der Waals surface area contributed by atoms with Crippen molar-refractivity contribution in [3.8, 4) is 38.3 Å². The number of hydrogen-bond acceptors (Lipinski definition) is 6. The van der Waals surface area contributed by atoms with E-state index in [9.17, 15) is 0 Å². The van der Waals surface area contributed by atoms with Gasteiger partial charge in [-0.2, -0.15) is 5.10 Å².